The zero-order chi connectivity index (χ0) is 18.5. The van der Waals surface area contributed by atoms with Crippen molar-refractivity contribution in [3.05, 3.63) is 48.0 Å². The number of rotatable bonds is 6. The minimum atomic E-state index is -0.698. The van der Waals surface area contributed by atoms with E-state index in [4.69, 9.17) is 14.2 Å². The van der Waals surface area contributed by atoms with Crippen LogP contribution >= 0.6 is 0 Å². The summed E-state index contributed by atoms with van der Waals surface area (Å²) in [6.45, 7) is 4.49. The van der Waals surface area contributed by atoms with E-state index in [-0.39, 0.29) is 11.7 Å². The van der Waals surface area contributed by atoms with Gasteiger partial charge in [-0.15, -0.1) is 0 Å². The number of nitrogens with one attached hydrogen (secondary N) is 1. The van der Waals surface area contributed by atoms with Crippen molar-refractivity contribution in [3.63, 3.8) is 0 Å². The lowest BCUT2D eigenvalue weighted by Crippen LogP contribution is -2.30. The van der Waals surface area contributed by atoms with Crippen molar-refractivity contribution in [3.8, 4) is 17.2 Å². The topological polar surface area (TPSA) is 73.9 Å². The molecule has 0 fully saturated rings. The number of ketones is 1. The lowest BCUT2D eigenvalue weighted by molar-refractivity contribution is -0.122. The van der Waals surface area contributed by atoms with E-state index in [1.54, 1.807) is 49.4 Å². The summed E-state index contributed by atoms with van der Waals surface area (Å²) in [6.07, 6.45) is -0.245. The number of hydrogen-bond donors (Lipinski definition) is 1. The van der Waals surface area contributed by atoms with Gasteiger partial charge in [0.05, 0.1) is 0 Å². The molecule has 1 atom stereocenters. The fourth-order valence-electron chi connectivity index (χ4n) is 2.55. The van der Waals surface area contributed by atoms with Gasteiger partial charge in [-0.2, -0.15) is 0 Å². The Labute approximate surface area is 152 Å². The first kappa shape index (κ1) is 17.8. The van der Waals surface area contributed by atoms with Gasteiger partial charge >= 0.3 is 0 Å². The highest BCUT2D eigenvalue weighted by atomic mass is 16.6. The highest BCUT2D eigenvalue weighted by Gasteiger charge is 2.17. The smallest absolute Gasteiger partial charge is 0.265 e. The molecule has 6 nitrogen and oxygen atoms in total. The third-order valence-corrected chi connectivity index (χ3v) is 3.99. The maximum absolute atomic E-state index is 12.3. The minimum absolute atomic E-state index is 0.0703. The summed E-state index contributed by atoms with van der Waals surface area (Å²) in [5.74, 6) is 1.60. The maximum atomic E-state index is 12.3. The van der Waals surface area contributed by atoms with Crippen LogP contribution in [0.4, 0.5) is 5.69 Å². The number of carbonyl (C=O) groups is 2. The summed E-state index contributed by atoms with van der Waals surface area (Å²) >= 11 is 0. The molecule has 1 N–H and O–H groups in total. The third kappa shape index (κ3) is 4.14. The van der Waals surface area contributed by atoms with Gasteiger partial charge in [0.15, 0.2) is 23.4 Å². The van der Waals surface area contributed by atoms with Crippen molar-refractivity contribution in [1.29, 1.82) is 0 Å². The lowest BCUT2D eigenvalue weighted by Gasteiger charge is -2.19. The quantitative estimate of drug-likeness (QED) is 0.804. The second kappa shape index (κ2) is 7.91. The number of Topliss-reactive ketones (excluding diaryl/α,β-unsaturated/α-hetero) is 1. The number of ether oxygens (including phenoxy) is 3. The summed E-state index contributed by atoms with van der Waals surface area (Å²) < 4.78 is 16.6. The van der Waals surface area contributed by atoms with Crippen molar-refractivity contribution in [2.24, 2.45) is 0 Å². The van der Waals surface area contributed by atoms with E-state index in [0.717, 1.165) is 0 Å². The predicted molar refractivity (Wildman–Crippen MR) is 97.2 cm³/mol. The molecular weight excluding hydrogens is 334 g/mol. The molecule has 2 aromatic carbocycles. The van der Waals surface area contributed by atoms with E-state index in [2.05, 4.69) is 5.32 Å². The third-order valence-electron chi connectivity index (χ3n) is 3.99. The monoisotopic (exact) mass is 355 g/mol. The molecule has 1 heterocycles. The highest BCUT2D eigenvalue weighted by Crippen LogP contribution is 2.32. The van der Waals surface area contributed by atoms with Crippen molar-refractivity contribution in [2.45, 2.75) is 26.4 Å². The summed E-state index contributed by atoms with van der Waals surface area (Å²) in [4.78, 5) is 24.0. The van der Waals surface area contributed by atoms with Gasteiger partial charge in [-0.3, -0.25) is 9.59 Å². The fourth-order valence-corrected chi connectivity index (χ4v) is 2.55. The zero-order valence-electron chi connectivity index (χ0n) is 14.8. The first-order valence-corrected chi connectivity index (χ1v) is 8.57. The zero-order valence-corrected chi connectivity index (χ0v) is 14.8. The normalized spacial score (nSPS) is 13.6. The Morgan fingerprint density at radius 1 is 1.08 bits per heavy atom. The molecule has 2 aromatic rings. The molecule has 0 aliphatic carbocycles. The van der Waals surface area contributed by atoms with Crippen molar-refractivity contribution >= 4 is 17.4 Å². The molecule has 0 spiro atoms. The van der Waals surface area contributed by atoms with Crippen LogP contribution in [0.25, 0.3) is 0 Å². The summed E-state index contributed by atoms with van der Waals surface area (Å²) in [5, 5.41) is 2.80. The first-order chi connectivity index (χ1) is 12.6. The van der Waals surface area contributed by atoms with Crippen LogP contribution in [0.5, 0.6) is 17.2 Å². The molecule has 1 amide bonds. The number of amides is 1. The Hall–Kier alpha value is -3.02. The van der Waals surface area contributed by atoms with Gasteiger partial charge in [0.1, 0.15) is 19.0 Å². The van der Waals surface area contributed by atoms with Gasteiger partial charge in [-0.1, -0.05) is 6.92 Å². The molecule has 0 aromatic heterocycles. The predicted octanol–water partition coefficient (Wildman–Crippen LogP) is 3.46. The SMILES string of the molecule is CCC(=O)c1ccc(O[C@H](C)C(=O)Nc2ccc3c(c2)OCCO3)cc1. The van der Waals surface area contributed by atoms with Crippen LogP contribution in [0.1, 0.15) is 30.6 Å². The second-order valence-corrected chi connectivity index (χ2v) is 5.91. The molecule has 0 saturated carbocycles. The Kier molecular flexibility index (Phi) is 5.41. The van der Waals surface area contributed by atoms with Gasteiger partial charge in [-0.05, 0) is 43.3 Å². The van der Waals surface area contributed by atoms with Gasteiger partial charge in [0.2, 0.25) is 0 Å². The molecule has 1 aliphatic rings. The number of fused-ring (bicyclic) bond motifs is 1. The lowest BCUT2D eigenvalue weighted by atomic mass is 10.1. The van der Waals surface area contributed by atoms with Gasteiger partial charge < -0.3 is 19.5 Å². The van der Waals surface area contributed by atoms with E-state index < -0.39 is 6.10 Å². The Balaban J connectivity index is 1.60. The first-order valence-electron chi connectivity index (χ1n) is 8.57. The summed E-state index contributed by atoms with van der Waals surface area (Å²) in [6, 6.07) is 12.0. The Morgan fingerprint density at radius 3 is 2.46 bits per heavy atom. The molecule has 0 unspecified atom stereocenters. The average Bonchev–Trinajstić information content (AvgIpc) is 2.67. The van der Waals surface area contributed by atoms with E-state index in [0.29, 0.717) is 48.1 Å². The summed E-state index contributed by atoms with van der Waals surface area (Å²) in [7, 11) is 0. The molecule has 26 heavy (non-hydrogen) atoms. The molecule has 6 heteroatoms. The molecule has 0 bridgehead atoms. The highest BCUT2D eigenvalue weighted by molar-refractivity contribution is 5.96. The van der Waals surface area contributed by atoms with Crippen LogP contribution < -0.4 is 19.5 Å². The Bertz CT molecular complexity index is 800. The van der Waals surface area contributed by atoms with Gasteiger partial charge in [0.25, 0.3) is 5.91 Å². The number of carbonyl (C=O) groups excluding carboxylic acids is 2. The standard InChI is InChI=1S/C20H21NO5/c1-3-17(22)14-4-7-16(8-5-14)26-13(2)20(23)21-15-6-9-18-19(12-15)25-11-10-24-18/h4-9,12-13H,3,10-11H2,1-2H3,(H,21,23)/t13-/m1/s1. The fraction of sp³-hybridized carbons (Fsp3) is 0.300. The molecule has 0 saturated heterocycles. The van der Waals surface area contributed by atoms with E-state index in [1.165, 1.54) is 0 Å². The molecule has 1 aliphatic heterocycles. The molecular formula is C20H21NO5. The number of anilines is 1. The van der Waals surface area contributed by atoms with Crippen LogP contribution in [0.3, 0.4) is 0 Å². The van der Waals surface area contributed by atoms with E-state index in [9.17, 15) is 9.59 Å². The van der Waals surface area contributed by atoms with Crippen LogP contribution in [-0.2, 0) is 4.79 Å². The average molecular weight is 355 g/mol. The molecule has 3 rings (SSSR count). The van der Waals surface area contributed by atoms with E-state index in [1.807, 2.05) is 6.92 Å². The van der Waals surface area contributed by atoms with Gasteiger partial charge in [-0.25, -0.2) is 0 Å². The number of hydrogen-bond acceptors (Lipinski definition) is 5. The van der Waals surface area contributed by atoms with Crippen LogP contribution in [0.15, 0.2) is 42.5 Å². The number of benzene rings is 2. The minimum Gasteiger partial charge on any atom is -0.486 e. The van der Waals surface area contributed by atoms with Crippen LogP contribution in [-0.4, -0.2) is 31.0 Å². The summed E-state index contributed by atoms with van der Waals surface area (Å²) in [5.41, 5.74) is 1.24. The van der Waals surface area contributed by atoms with E-state index >= 15 is 0 Å². The maximum Gasteiger partial charge on any atom is 0.265 e. The van der Waals surface area contributed by atoms with Crippen molar-refractivity contribution in [1.82, 2.24) is 0 Å². The van der Waals surface area contributed by atoms with Crippen molar-refractivity contribution in [2.75, 3.05) is 18.5 Å². The Morgan fingerprint density at radius 2 is 1.77 bits per heavy atom. The largest absolute Gasteiger partial charge is 0.486 e. The second-order valence-electron chi connectivity index (χ2n) is 5.91. The van der Waals surface area contributed by atoms with Crippen LogP contribution in [0.2, 0.25) is 0 Å². The van der Waals surface area contributed by atoms with Crippen molar-refractivity contribution < 1.29 is 23.8 Å². The van der Waals surface area contributed by atoms with Crippen LogP contribution in [0, 0.1) is 0 Å². The van der Waals surface area contributed by atoms with Gasteiger partial charge in [0, 0.05) is 23.7 Å². The molecule has 136 valence electrons. The molecule has 0 radical (unpaired) electrons.